The largest absolute Gasteiger partial charge is 0.450 e. The van der Waals surface area contributed by atoms with Crippen molar-refractivity contribution >= 4 is 45.2 Å². The molecule has 0 aliphatic heterocycles. The van der Waals surface area contributed by atoms with Crippen molar-refractivity contribution in [1.29, 1.82) is 0 Å². The molecule has 20 heavy (non-hydrogen) atoms. The van der Waals surface area contributed by atoms with Crippen LogP contribution in [0.5, 0.6) is 0 Å². The molecular weight excluding hydrogens is 351 g/mol. The van der Waals surface area contributed by atoms with Crippen molar-refractivity contribution in [3.8, 4) is 0 Å². The predicted molar refractivity (Wildman–Crippen MR) is 74.6 cm³/mol. The molecule has 0 aliphatic carbocycles. The Morgan fingerprint density at radius 3 is 2.75 bits per heavy atom. The number of pyridine rings is 1. The van der Waals surface area contributed by atoms with E-state index in [9.17, 15) is 9.59 Å². The highest BCUT2D eigenvalue weighted by Crippen LogP contribution is 2.14. The second-order valence-electron chi connectivity index (χ2n) is 3.59. The van der Waals surface area contributed by atoms with E-state index in [0.717, 1.165) is 0 Å². The zero-order valence-corrected chi connectivity index (χ0v) is 12.3. The number of carbonyl (C=O) groups is 2. The van der Waals surface area contributed by atoms with Crippen LogP contribution in [0, 0.1) is 0 Å². The SMILES string of the molecule is O=C(COC(=O)c1ccc(Br)o1)Nc1ccc(Cl)cn1. The molecule has 8 heteroatoms. The maximum atomic E-state index is 11.5. The first-order valence-corrected chi connectivity index (χ1v) is 6.55. The quantitative estimate of drug-likeness (QED) is 0.849. The standard InChI is InChI=1S/C12H8BrClN2O4/c13-9-3-2-8(20-9)12(18)19-6-11(17)16-10-4-1-7(14)5-15-10/h1-5H,6H2,(H,15,16,17). The molecule has 0 unspecified atom stereocenters. The van der Waals surface area contributed by atoms with Gasteiger partial charge in [0.1, 0.15) is 5.82 Å². The van der Waals surface area contributed by atoms with Crippen molar-refractivity contribution < 1.29 is 18.7 Å². The number of hydrogen-bond donors (Lipinski definition) is 1. The Hall–Kier alpha value is -1.86. The number of carbonyl (C=O) groups excluding carboxylic acids is 2. The van der Waals surface area contributed by atoms with Crippen molar-refractivity contribution in [3.63, 3.8) is 0 Å². The average Bonchev–Trinajstić information content (AvgIpc) is 2.85. The summed E-state index contributed by atoms with van der Waals surface area (Å²) in [7, 11) is 0. The third-order valence-corrected chi connectivity index (χ3v) is 2.75. The van der Waals surface area contributed by atoms with E-state index in [1.54, 1.807) is 12.1 Å². The molecule has 0 bridgehead atoms. The summed E-state index contributed by atoms with van der Waals surface area (Å²) in [4.78, 5) is 26.9. The minimum Gasteiger partial charge on any atom is -0.450 e. The highest BCUT2D eigenvalue weighted by atomic mass is 79.9. The van der Waals surface area contributed by atoms with Gasteiger partial charge in [-0.05, 0) is 40.2 Å². The monoisotopic (exact) mass is 358 g/mol. The summed E-state index contributed by atoms with van der Waals surface area (Å²) < 4.78 is 10.2. The molecule has 2 rings (SSSR count). The third-order valence-electron chi connectivity index (χ3n) is 2.10. The number of hydrogen-bond acceptors (Lipinski definition) is 5. The first kappa shape index (κ1) is 14.5. The Morgan fingerprint density at radius 2 is 2.15 bits per heavy atom. The molecule has 0 fully saturated rings. The molecule has 2 aromatic heterocycles. The summed E-state index contributed by atoms with van der Waals surface area (Å²) >= 11 is 8.72. The van der Waals surface area contributed by atoms with E-state index in [-0.39, 0.29) is 5.76 Å². The molecule has 0 saturated heterocycles. The van der Waals surface area contributed by atoms with Gasteiger partial charge in [-0.25, -0.2) is 9.78 Å². The Kier molecular flexibility index (Phi) is 4.75. The fourth-order valence-corrected chi connectivity index (χ4v) is 1.67. The number of aromatic nitrogens is 1. The average molecular weight is 360 g/mol. The van der Waals surface area contributed by atoms with E-state index in [1.165, 1.54) is 18.3 Å². The van der Waals surface area contributed by atoms with E-state index in [4.69, 9.17) is 20.8 Å². The molecule has 2 heterocycles. The minimum absolute atomic E-state index is 0.00860. The van der Waals surface area contributed by atoms with E-state index in [0.29, 0.717) is 15.5 Å². The number of anilines is 1. The van der Waals surface area contributed by atoms with Gasteiger partial charge in [-0.2, -0.15) is 0 Å². The molecular formula is C12H8BrClN2O4. The van der Waals surface area contributed by atoms with E-state index in [1.807, 2.05) is 0 Å². The number of rotatable bonds is 4. The molecule has 0 atom stereocenters. The van der Waals surface area contributed by atoms with Gasteiger partial charge in [0.15, 0.2) is 11.3 Å². The predicted octanol–water partition coefficient (Wildman–Crippen LogP) is 2.89. The maximum Gasteiger partial charge on any atom is 0.374 e. The number of halogens is 2. The van der Waals surface area contributed by atoms with Crippen LogP contribution in [0.25, 0.3) is 0 Å². The normalized spacial score (nSPS) is 10.1. The van der Waals surface area contributed by atoms with Gasteiger partial charge in [0.25, 0.3) is 5.91 Å². The van der Waals surface area contributed by atoms with E-state index >= 15 is 0 Å². The molecule has 0 spiro atoms. The number of furan rings is 1. The summed E-state index contributed by atoms with van der Waals surface area (Å²) in [5.74, 6) is -0.917. The van der Waals surface area contributed by atoms with Crippen LogP contribution in [0.4, 0.5) is 5.82 Å². The topological polar surface area (TPSA) is 81.4 Å². The van der Waals surface area contributed by atoms with Crippen LogP contribution in [0.2, 0.25) is 5.02 Å². The molecule has 0 saturated carbocycles. The zero-order chi connectivity index (χ0) is 14.5. The van der Waals surface area contributed by atoms with Crippen LogP contribution in [-0.4, -0.2) is 23.5 Å². The number of amides is 1. The zero-order valence-electron chi connectivity index (χ0n) is 9.93. The molecule has 0 radical (unpaired) electrons. The van der Waals surface area contributed by atoms with Gasteiger partial charge in [-0.3, -0.25) is 4.79 Å². The van der Waals surface area contributed by atoms with E-state index in [2.05, 4.69) is 26.2 Å². The van der Waals surface area contributed by atoms with Crippen LogP contribution in [0.3, 0.4) is 0 Å². The van der Waals surface area contributed by atoms with Crippen LogP contribution in [-0.2, 0) is 9.53 Å². The molecule has 1 amide bonds. The second-order valence-corrected chi connectivity index (χ2v) is 4.81. The lowest BCUT2D eigenvalue weighted by atomic mass is 10.4. The summed E-state index contributed by atoms with van der Waals surface area (Å²) in [6, 6.07) is 6.10. The van der Waals surface area contributed by atoms with Gasteiger partial charge >= 0.3 is 5.97 Å². The summed E-state index contributed by atoms with van der Waals surface area (Å²) in [5.41, 5.74) is 0. The van der Waals surface area contributed by atoms with Gasteiger partial charge in [-0.15, -0.1) is 0 Å². The lowest BCUT2D eigenvalue weighted by Gasteiger charge is -2.04. The summed E-state index contributed by atoms with van der Waals surface area (Å²) in [6.07, 6.45) is 1.39. The highest BCUT2D eigenvalue weighted by Gasteiger charge is 2.14. The summed E-state index contributed by atoms with van der Waals surface area (Å²) in [6.45, 7) is -0.443. The Bertz CT molecular complexity index is 627. The van der Waals surface area contributed by atoms with Gasteiger partial charge in [0.2, 0.25) is 5.76 Å². The van der Waals surface area contributed by atoms with Gasteiger partial charge in [0.05, 0.1) is 5.02 Å². The Morgan fingerprint density at radius 1 is 1.35 bits per heavy atom. The number of esters is 1. The van der Waals surface area contributed by atoms with Gasteiger partial charge < -0.3 is 14.5 Å². The van der Waals surface area contributed by atoms with Gasteiger partial charge in [0, 0.05) is 6.20 Å². The fraction of sp³-hybridized carbons (Fsp3) is 0.0833. The van der Waals surface area contributed by atoms with Crippen LogP contribution < -0.4 is 5.32 Å². The number of nitrogens with one attached hydrogen (secondary N) is 1. The molecule has 6 nitrogen and oxygen atoms in total. The second kappa shape index (κ2) is 6.53. The Labute approximate surface area is 127 Å². The molecule has 104 valence electrons. The van der Waals surface area contributed by atoms with E-state index < -0.39 is 18.5 Å². The first-order chi connectivity index (χ1) is 9.54. The first-order valence-electron chi connectivity index (χ1n) is 5.38. The third kappa shape index (κ3) is 4.07. The van der Waals surface area contributed by atoms with Crippen molar-refractivity contribution in [2.45, 2.75) is 0 Å². The number of nitrogens with zero attached hydrogens (tertiary/aromatic N) is 1. The number of ether oxygens (including phenoxy) is 1. The van der Waals surface area contributed by atoms with Crippen molar-refractivity contribution in [2.24, 2.45) is 0 Å². The van der Waals surface area contributed by atoms with Crippen molar-refractivity contribution in [1.82, 2.24) is 4.98 Å². The molecule has 1 N–H and O–H groups in total. The van der Waals surface area contributed by atoms with Crippen molar-refractivity contribution in [3.05, 3.63) is 45.9 Å². The van der Waals surface area contributed by atoms with Crippen LogP contribution in [0.1, 0.15) is 10.6 Å². The lowest BCUT2D eigenvalue weighted by molar-refractivity contribution is -0.119. The minimum atomic E-state index is -0.727. The summed E-state index contributed by atoms with van der Waals surface area (Å²) in [5, 5.41) is 2.91. The van der Waals surface area contributed by atoms with Crippen LogP contribution in [0.15, 0.2) is 39.5 Å². The van der Waals surface area contributed by atoms with Gasteiger partial charge in [-0.1, -0.05) is 11.6 Å². The highest BCUT2D eigenvalue weighted by molar-refractivity contribution is 9.10. The Balaban J connectivity index is 1.83. The molecule has 0 aliphatic rings. The molecule has 0 aromatic carbocycles. The fourth-order valence-electron chi connectivity index (χ4n) is 1.25. The lowest BCUT2D eigenvalue weighted by Crippen LogP contribution is -2.21. The smallest absolute Gasteiger partial charge is 0.374 e. The van der Waals surface area contributed by atoms with Crippen LogP contribution >= 0.6 is 27.5 Å². The molecule has 2 aromatic rings. The maximum absolute atomic E-state index is 11.5. The van der Waals surface area contributed by atoms with Crippen molar-refractivity contribution in [2.75, 3.05) is 11.9 Å².